The highest BCUT2D eigenvalue weighted by atomic mass is 79.9. The molecule has 0 spiro atoms. The number of methoxy groups -OCH3 is 1. The highest BCUT2D eigenvalue weighted by Crippen LogP contribution is 2.29. The zero-order valence-corrected chi connectivity index (χ0v) is 17.4. The van der Waals surface area contributed by atoms with E-state index in [2.05, 4.69) is 26.1 Å². The highest BCUT2D eigenvalue weighted by Gasteiger charge is 2.28. The van der Waals surface area contributed by atoms with Gasteiger partial charge in [-0.2, -0.15) is 0 Å². The van der Waals surface area contributed by atoms with Crippen molar-refractivity contribution < 1.29 is 24.2 Å². The Labute approximate surface area is 167 Å². The Balaban J connectivity index is 1.83. The third-order valence-corrected chi connectivity index (χ3v) is 5.01. The molecule has 0 atom stereocenters. The second kappa shape index (κ2) is 9.27. The lowest BCUT2D eigenvalue weighted by Crippen LogP contribution is -2.49. The van der Waals surface area contributed by atoms with Gasteiger partial charge < -0.3 is 24.8 Å². The van der Waals surface area contributed by atoms with Gasteiger partial charge in [-0.3, -0.25) is 4.90 Å². The van der Waals surface area contributed by atoms with Crippen molar-refractivity contribution in [3.8, 4) is 5.75 Å². The third-order valence-electron chi connectivity index (χ3n) is 4.39. The first-order valence-corrected chi connectivity index (χ1v) is 9.51. The van der Waals surface area contributed by atoms with Gasteiger partial charge in [-0.25, -0.2) is 9.59 Å². The number of anilines is 1. The number of piperazine rings is 1. The van der Waals surface area contributed by atoms with Crippen molar-refractivity contribution in [2.24, 2.45) is 0 Å². The molecule has 150 valence electrons. The summed E-state index contributed by atoms with van der Waals surface area (Å²) in [6.07, 6.45) is -0.862. The average Bonchev–Trinajstić information content (AvgIpc) is 2.62. The van der Waals surface area contributed by atoms with Crippen LogP contribution in [0.15, 0.2) is 22.7 Å². The van der Waals surface area contributed by atoms with Crippen LogP contribution in [0, 0.1) is 0 Å². The van der Waals surface area contributed by atoms with Gasteiger partial charge in [0.15, 0.2) is 0 Å². The van der Waals surface area contributed by atoms with E-state index < -0.39 is 11.6 Å². The van der Waals surface area contributed by atoms with Crippen LogP contribution in [0.1, 0.15) is 13.8 Å². The maximum absolute atomic E-state index is 11.8. The molecule has 0 saturated carbocycles. The van der Waals surface area contributed by atoms with Crippen LogP contribution >= 0.6 is 15.9 Å². The Morgan fingerprint density at radius 2 is 1.93 bits per heavy atom. The Morgan fingerprint density at radius 1 is 1.26 bits per heavy atom. The number of hydrogen-bond donors (Lipinski definition) is 2. The summed E-state index contributed by atoms with van der Waals surface area (Å²) in [4.78, 5) is 26.3. The monoisotopic (exact) mass is 443 g/mol. The summed E-state index contributed by atoms with van der Waals surface area (Å²) in [6.45, 7) is 7.21. The van der Waals surface area contributed by atoms with E-state index in [9.17, 15) is 9.59 Å². The fraction of sp³-hybridized carbons (Fsp3) is 0.556. The highest BCUT2D eigenvalue weighted by molar-refractivity contribution is 9.10. The summed E-state index contributed by atoms with van der Waals surface area (Å²) >= 11 is 3.49. The number of ether oxygens (including phenoxy) is 2. The third kappa shape index (κ3) is 6.00. The van der Waals surface area contributed by atoms with E-state index in [4.69, 9.17) is 14.6 Å². The molecule has 8 nitrogen and oxygen atoms in total. The number of carbonyl (C=O) groups is 2. The largest absolute Gasteiger partial charge is 0.491 e. The summed E-state index contributed by atoms with van der Waals surface area (Å²) in [7, 11) is 1.36. The molecule has 1 aliphatic heterocycles. The average molecular weight is 444 g/mol. The molecule has 1 aliphatic rings. The smallest absolute Gasteiger partial charge is 0.407 e. The van der Waals surface area contributed by atoms with E-state index in [1.165, 1.54) is 12.0 Å². The van der Waals surface area contributed by atoms with Crippen LogP contribution in [0.2, 0.25) is 0 Å². The Hall–Kier alpha value is -2.00. The van der Waals surface area contributed by atoms with E-state index in [-0.39, 0.29) is 5.97 Å². The van der Waals surface area contributed by atoms with Gasteiger partial charge >= 0.3 is 12.1 Å². The van der Waals surface area contributed by atoms with Gasteiger partial charge in [-0.05, 0) is 48.0 Å². The number of carboxylic acid groups (broad SMARTS) is 1. The maximum Gasteiger partial charge on any atom is 0.407 e. The molecule has 0 bridgehead atoms. The zero-order valence-electron chi connectivity index (χ0n) is 15.8. The minimum Gasteiger partial charge on any atom is -0.491 e. The second-order valence-electron chi connectivity index (χ2n) is 6.85. The number of halogens is 1. The van der Waals surface area contributed by atoms with Crippen molar-refractivity contribution in [1.29, 1.82) is 0 Å². The summed E-state index contributed by atoms with van der Waals surface area (Å²) in [5.41, 5.74) is -0.0660. The molecule has 1 aromatic rings. The van der Waals surface area contributed by atoms with Crippen LogP contribution in [0.4, 0.5) is 10.5 Å². The molecule has 1 fully saturated rings. The van der Waals surface area contributed by atoms with Crippen molar-refractivity contribution in [3.63, 3.8) is 0 Å². The fourth-order valence-electron chi connectivity index (χ4n) is 2.81. The van der Waals surface area contributed by atoms with Gasteiger partial charge in [0.05, 0.1) is 11.6 Å². The topological polar surface area (TPSA) is 91.3 Å². The van der Waals surface area contributed by atoms with Crippen molar-refractivity contribution in [3.05, 3.63) is 22.7 Å². The van der Waals surface area contributed by atoms with Crippen LogP contribution < -0.4 is 10.1 Å². The first-order valence-electron chi connectivity index (χ1n) is 8.72. The molecule has 27 heavy (non-hydrogen) atoms. The molecule has 1 aromatic carbocycles. The number of nitrogens with zero attached hydrogens (tertiary/aromatic N) is 2. The van der Waals surface area contributed by atoms with Gasteiger partial charge in [-0.1, -0.05) is 0 Å². The number of nitrogens with one attached hydrogen (secondary N) is 1. The van der Waals surface area contributed by atoms with Gasteiger partial charge in [-0.15, -0.1) is 0 Å². The first-order chi connectivity index (χ1) is 12.7. The van der Waals surface area contributed by atoms with E-state index in [0.717, 1.165) is 16.7 Å². The van der Waals surface area contributed by atoms with Crippen LogP contribution in [0.5, 0.6) is 5.75 Å². The molecule has 2 N–H and O–H groups in total. The molecule has 0 radical (unpaired) electrons. The van der Waals surface area contributed by atoms with Gasteiger partial charge in [0.25, 0.3) is 0 Å². The van der Waals surface area contributed by atoms with Crippen molar-refractivity contribution in [2.45, 2.75) is 19.4 Å². The van der Waals surface area contributed by atoms with Gasteiger partial charge in [0.1, 0.15) is 17.9 Å². The Morgan fingerprint density at radius 3 is 2.48 bits per heavy atom. The number of esters is 1. The van der Waals surface area contributed by atoms with Crippen LogP contribution in [0.25, 0.3) is 0 Å². The van der Waals surface area contributed by atoms with Crippen LogP contribution in [0.3, 0.4) is 0 Å². The van der Waals surface area contributed by atoms with Crippen molar-refractivity contribution in [1.82, 2.24) is 9.80 Å². The Kier molecular flexibility index (Phi) is 7.32. The number of rotatable bonds is 7. The quantitative estimate of drug-likeness (QED) is 0.625. The van der Waals surface area contributed by atoms with Gasteiger partial charge in [0.2, 0.25) is 0 Å². The Bertz CT molecular complexity index is 675. The minimum atomic E-state index is -0.862. The standard InChI is InChI=1S/C18H26BrN3O5/c1-18(2,16(23)26-3)20-13-4-5-15(14(19)12-13)27-11-10-21-6-8-22(9-7-21)17(24)25/h4-5,12,20H,6-11H2,1-3H3,(H,24,25). The summed E-state index contributed by atoms with van der Waals surface area (Å²) < 4.78 is 11.4. The number of benzene rings is 1. The molecule has 1 saturated heterocycles. The normalized spacial score (nSPS) is 15.3. The minimum absolute atomic E-state index is 0.345. The SMILES string of the molecule is COC(=O)C(C)(C)Nc1ccc(OCCN2CCN(C(=O)O)CC2)c(Br)c1. The lowest BCUT2D eigenvalue weighted by molar-refractivity contribution is -0.144. The zero-order chi connectivity index (χ0) is 20.0. The summed E-state index contributed by atoms with van der Waals surface area (Å²) in [5, 5.41) is 12.1. The molecular formula is C18H26BrN3O5. The predicted octanol–water partition coefficient (Wildman–Crippen LogP) is 2.49. The van der Waals surface area contributed by atoms with Crippen molar-refractivity contribution >= 4 is 33.7 Å². The molecule has 2 rings (SSSR count). The van der Waals surface area contributed by atoms with Crippen LogP contribution in [-0.2, 0) is 9.53 Å². The molecule has 0 aliphatic carbocycles. The van der Waals surface area contributed by atoms with E-state index in [1.807, 2.05) is 18.2 Å². The molecule has 9 heteroatoms. The molecule has 0 unspecified atom stereocenters. The fourth-order valence-corrected chi connectivity index (χ4v) is 3.30. The lowest BCUT2D eigenvalue weighted by Gasteiger charge is -2.32. The first kappa shape index (κ1) is 21.3. The van der Waals surface area contributed by atoms with E-state index in [0.29, 0.717) is 38.5 Å². The van der Waals surface area contributed by atoms with E-state index in [1.54, 1.807) is 13.8 Å². The van der Waals surface area contributed by atoms with E-state index >= 15 is 0 Å². The number of carbonyl (C=O) groups excluding carboxylic acids is 1. The number of hydrogen-bond acceptors (Lipinski definition) is 6. The van der Waals surface area contributed by atoms with Crippen LogP contribution in [-0.4, -0.2) is 78.9 Å². The molecule has 0 aromatic heterocycles. The van der Waals surface area contributed by atoms with Crippen molar-refractivity contribution in [2.75, 3.05) is 51.8 Å². The predicted molar refractivity (Wildman–Crippen MR) is 105 cm³/mol. The lowest BCUT2D eigenvalue weighted by atomic mass is 10.1. The van der Waals surface area contributed by atoms with Gasteiger partial charge in [0, 0.05) is 38.4 Å². The second-order valence-corrected chi connectivity index (χ2v) is 7.70. The molecule has 1 amide bonds. The maximum atomic E-state index is 11.8. The summed E-state index contributed by atoms with van der Waals surface area (Å²) in [6, 6.07) is 5.53. The molecular weight excluding hydrogens is 418 g/mol. The molecule has 1 heterocycles. The number of amides is 1. The summed E-state index contributed by atoms with van der Waals surface area (Å²) in [5.74, 6) is 0.363.